The van der Waals surface area contributed by atoms with Crippen molar-refractivity contribution in [1.29, 1.82) is 0 Å². The van der Waals surface area contributed by atoms with Crippen LogP contribution in [0.5, 0.6) is 0 Å². The molecule has 1 aliphatic heterocycles. The summed E-state index contributed by atoms with van der Waals surface area (Å²) in [5.41, 5.74) is 5.44. The standard InChI is InChI=1S/C9H18N2O2/c1-2-7-3-4-11(5-7)6-8(10)9(12)13/h7-8H,2-6,10H2,1H3,(H,12,13). The van der Waals surface area contributed by atoms with Crippen molar-refractivity contribution in [1.82, 2.24) is 4.90 Å². The number of rotatable bonds is 4. The van der Waals surface area contributed by atoms with Gasteiger partial charge in [-0.2, -0.15) is 0 Å². The molecule has 4 heteroatoms. The van der Waals surface area contributed by atoms with Gasteiger partial charge in [-0.1, -0.05) is 13.3 Å². The number of carboxylic acid groups (broad SMARTS) is 1. The molecular weight excluding hydrogens is 168 g/mol. The van der Waals surface area contributed by atoms with Gasteiger partial charge >= 0.3 is 5.97 Å². The molecule has 1 saturated heterocycles. The summed E-state index contributed by atoms with van der Waals surface area (Å²) in [4.78, 5) is 12.6. The quantitative estimate of drug-likeness (QED) is 0.655. The van der Waals surface area contributed by atoms with Gasteiger partial charge in [-0.3, -0.25) is 4.79 Å². The van der Waals surface area contributed by atoms with Crippen LogP contribution in [0.3, 0.4) is 0 Å². The molecule has 13 heavy (non-hydrogen) atoms. The summed E-state index contributed by atoms with van der Waals surface area (Å²) in [5.74, 6) is -0.166. The molecule has 0 aliphatic carbocycles. The number of nitrogens with zero attached hydrogens (tertiary/aromatic N) is 1. The lowest BCUT2D eigenvalue weighted by atomic mass is 10.1. The Morgan fingerprint density at radius 2 is 2.46 bits per heavy atom. The third-order valence-electron chi connectivity index (χ3n) is 2.72. The lowest BCUT2D eigenvalue weighted by molar-refractivity contribution is -0.138. The van der Waals surface area contributed by atoms with Crippen LogP contribution in [-0.4, -0.2) is 41.7 Å². The number of hydrogen-bond donors (Lipinski definition) is 2. The van der Waals surface area contributed by atoms with Crippen LogP contribution in [-0.2, 0) is 4.79 Å². The van der Waals surface area contributed by atoms with Crippen LogP contribution < -0.4 is 5.73 Å². The van der Waals surface area contributed by atoms with Gasteiger partial charge in [0.15, 0.2) is 0 Å². The van der Waals surface area contributed by atoms with Gasteiger partial charge in [0.1, 0.15) is 6.04 Å². The Morgan fingerprint density at radius 3 is 2.92 bits per heavy atom. The van der Waals surface area contributed by atoms with Crippen LogP contribution in [0.15, 0.2) is 0 Å². The second-order valence-corrected chi connectivity index (χ2v) is 3.77. The van der Waals surface area contributed by atoms with E-state index in [0.717, 1.165) is 19.0 Å². The van der Waals surface area contributed by atoms with E-state index in [4.69, 9.17) is 10.8 Å². The highest BCUT2D eigenvalue weighted by Crippen LogP contribution is 2.18. The summed E-state index contributed by atoms with van der Waals surface area (Å²) in [5, 5.41) is 8.61. The van der Waals surface area contributed by atoms with Gasteiger partial charge in [-0.15, -0.1) is 0 Å². The van der Waals surface area contributed by atoms with E-state index in [1.54, 1.807) is 0 Å². The molecule has 2 atom stereocenters. The van der Waals surface area contributed by atoms with Crippen LogP contribution >= 0.6 is 0 Å². The summed E-state index contributed by atoms with van der Waals surface area (Å²) in [6.07, 6.45) is 2.36. The van der Waals surface area contributed by atoms with E-state index in [2.05, 4.69) is 11.8 Å². The molecule has 0 radical (unpaired) electrons. The second-order valence-electron chi connectivity index (χ2n) is 3.77. The van der Waals surface area contributed by atoms with Gasteiger partial charge in [0, 0.05) is 13.1 Å². The normalized spacial score (nSPS) is 26.2. The molecule has 2 unspecified atom stereocenters. The third kappa shape index (κ3) is 2.97. The Balaban J connectivity index is 2.27. The van der Waals surface area contributed by atoms with Crippen molar-refractivity contribution in [3.63, 3.8) is 0 Å². The maximum absolute atomic E-state index is 10.5. The van der Waals surface area contributed by atoms with Crippen LogP contribution in [0.4, 0.5) is 0 Å². The monoisotopic (exact) mass is 186 g/mol. The predicted molar refractivity (Wildman–Crippen MR) is 50.4 cm³/mol. The van der Waals surface area contributed by atoms with Gasteiger partial charge in [0.2, 0.25) is 0 Å². The Kier molecular flexibility index (Phi) is 3.69. The van der Waals surface area contributed by atoms with Crippen molar-refractivity contribution >= 4 is 5.97 Å². The smallest absolute Gasteiger partial charge is 0.321 e. The van der Waals surface area contributed by atoms with Gasteiger partial charge < -0.3 is 15.7 Å². The SMILES string of the molecule is CCC1CCN(CC(N)C(=O)O)C1. The first kappa shape index (κ1) is 10.5. The zero-order valence-electron chi connectivity index (χ0n) is 8.07. The Labute approximate surface area is 78.7 Å². The van der Waals surface area contributed by atoms with Crippen LogP contribution in [0.2, 0.25) is 0 Å². The van der Waals surface area contributed by atoms with Crippen molar-refractivity contribution in [3.05, 3.63) is 0 Å². The summed E-state index contributed by atoms with van der Waals surface area (Å²) in [7, 11) is 0. The van der Waals surface area contributed by atoms with Crippen LogP contribution in [0.1, 0.15) is 19.8 Å². The average molecular weight is 186 g/mol. The number of hydrogen-bond acceptors (Lipinski definition) is 3. The molecule has 1 rings (SSSR count). The molecular formula is C9H18N2O2. The lowest BCUT2D eigenvalue weighted by Gasteiger charge is -2.17. The van der Waals surface area contributed by atoms with E-state index in [1.165, 1.54) is 12.8 Å². The van der Waals surface area contributed by atoms with Crippen LogP contribution in [0.25, 0.3) is 0 Å². The topological polar surface area (TPSA) is 66.6 Å². The minimum Gasteiger partial charge on any atom is -0.480 e. The lowest BCUT2D eigenvalue weighted by Crippen LogP contribution is -2.41. The summed E-state index contributed by atoms with van der Waals surface area (Å²) in [6.45, 7) is 4.67. The largest absolute Gasteiger partial charge is 0.480 e. The Hall–Kier alpha value is -0.610. The molecule has 1 aliphatic rings. The first-order valence-corrected chi connectivity index (χ1v) is 4.84. The van der Waals surface area contributed by atoms with Crippen molar-refractivity contribution < 1.29 is 9.90 Å². The van der Waals surface area contributed by atoms with E-state index in [0.29, 0.717) is 6.54 Å². The van der Waals surface area contributed by atoms with E-state index in [-0.39, 0.29) is 0 Å². The van der Waals surface area contributed by atoms with Crippen molar-refractivity contribution in [2.45, 2.75) is 25.8 Å². The van der Waals surface area contributed by atoms with Crippen molar-refractivity contribution in [3.8, 4) is 0 Å². The molecule has 0 aromatic carbocycles. The maximum Gasteiger partial charge on any atom is 0.321 e. The highest BCUT2D eigenvalue weighted by molar-refractivity contribution is 5.73. The maximum atomic E-state index is 10.5. The summed E-state index contributed by atoms with van der Waals surface area (Å²) >= 11 is 0. The fourth-order valence-electron chi connectivity index (χ4n) is 1.77. The molecule has 1 fully saturated rings. The minimum atomic E-state index is -0.903. The molecule has 0 saturated carbocycles. The molecule has 76 valence electrons. The van der Waals surface area contributed by atoms with Gasteiger partial charge in [-0.05, 0) is 18.9 Å². The second kappa shape index (κ2) is 4.58. The van der Waals surface area contributed by atoms with Gasteiger partial charge in [0.05, 0.1) is 0 Å². The van der Waals surface area contributed by atoms with Gasteiger partial charge in [-0.25, -0.2) is 0 Å². The number of nitrogens with two attached hydrogens (primary N) is 1. The van der Waals surface area contributed by atoms with E-state index in [1.807, 2.05) is 0 Å². The minimum absolute atomic E-state index is 0.492. The molecule has 0 spiro atoms. The zero-order chi connectivity index (χ0) is 9.84. The molecule has 4 nitrogen and oxygen atoms in total. The third-order valence-corrected chi connectivity index (χ3v) is 2.72. The highest BCUT2D eigenvalue weighted by atomic mass is 16.4. The fraction of sp³-hybridized carbons (Fsp3) is 0.889. The van der Waals surface area contributed by atoms with E-state index >= 15 is 0 Å². The molecule has 3 N–H and O–H groups in total. The molecule has 0 aromatic rings. The van der Waals surface area contributed by atoms with Crippen molar-refractivity contribution in [2.24, 2.45) is 11.7 Å². The van der Waals surface area contributed by atoms with Crippen LogP contribution in [0, 0.1) is 5.92 Å². The first-order valence-electron chi connectivity index (χ1n) is 4.84. The van der Waals surface area contributed by atoms with E-state index < -0.39 is 12.0 Å². The van der Waals surface area contributed by atoms with E-state index in [9.17, 15) is 4.79 Å². The number of carboxylic acids is 1. The fourth-order valence-corrected chi connectivity index (χ4v) is 1.77. The first-order chi connectivity index (χ1) is 6.13. The number of carbonyl (C=O) groups is 1. The van der Waals surface area contributed by atoms with Gasteiger partial charge in [0.25, 0.3) is 0 Å². The number of aliphatic carboxylic acids is 1. The highest BCUT2D eigenvalue weighted by Gasteiger charge is 2.24. The molecule has 0 bridgehead atoms. The predicted octanol–water partition coefficient (Wildman–Crippen LogP) is 0.130. The average Bonchev–Trinajstić information content (AvgIpc) is 2.52. The summed E-state index contributed by atoms with van der Waals surface area (Å²) in [6, 6.07) is -0.726. The number of likely N-dealkylation sites (tertiary alicyclic amines) is 1. The zero-order valence-corrected chi connectivity index (χ0v) is 8.07. The molecule has 1 heterocycles. The Bertz CT molecular complexity index is 184. The molecule has 0 amide bonds. The van der Waals surface area contributed by atoms with Crippen molar-refractivity contribution in [2.75, 3.05) is 19.6 Å². The summed E-state index contributed by atoms with van der Waals surface area (Å²) < 4.78 is 0. The Morgan fingerprint density at radius 1 is 1.77 bits per heavy atom. The molecule has 0 aromatic heterocycles.